The van der Waals surface area contributed by atoms with Crippen molar-refractivity contribution in [2.75, 3.05) is 0 Å². The van der Waals surface area contributed by atoms with Crippen molar-refractivity contribution in [2.45, 2.75) is 6.42 Å². The monoisotopic (exact) mass is 218 g/mol. The van der Waals surface area contributed by atoms with E-state index in [-0.39, 0.29) is 5.91 Å². The van der Waals surface area contributed by atoms with Crippen LogP contribution in [0.2, 0.25) is 0 Å². The van der Waals surface area contributed by atoms with Gasteiger partial charge in [-0.25, -0.2) is 0 Å². The number of hydrogen-bond acceptors (Lipinski definition) is 3. The van der Waals surface area contributed by atoms with E-state index in [1.807, 2.05) is 23.6 Å². The van der Waals surface area contributed by atoms with Gasteiger partial charge in [-0.15, -0.1) is 11.3 Å². The van der Waals surface area contributed by atoms with E-state index in [1.165, 1.54) is 11.3 Å². The molecule has 0 aliphatic heterocycles. The molecule has 0 spiro atoms. The van der Waals surface area contributed by atoms with Gasteiger partial charge in [-0.3, -0.25) is 9.78 Å². The molecule has 2 aromatic rings. The van der Waals surface area contributed by atoms with Crippen LogP contribution in [0.1, 0.15) is 20.8 Å². The lowest BCUT2D eigenvalue weighted by molar-refractivity contribution is 0.100. The Kier molecular flexibility index (Phi) is 2.78. The lowest BCUT2D eigenvalue weighted by Gasteiger charge is -2.00. The second-order valence-corrected chi connectivity index (χ2v) is 4.09. The Morgan fingerprint density at radius 1 is 1.47 bits per heavy atom. The summed E-state index contributed by atoms with van der Waals surface area (Å²) < 4.78 is 0. The number of thiophene rings is 1. The molecule has 0 bridgehead atoms. The maximum absolute atomic E-state index is 11.1. The van der Waals surface area contributed by atoms with Gasteiger partial charge in [0.25, 0.3) is 5.91 Å². The number of nitrogens with two attached hydrogens (primary N) is 1. The maximum Gasteiger partial charge on any atom is 0.259 e. The largest absolute Gasteiger partial charge is 0.365 e. The molecular formula is C11H10N2OS. The first-order valence-electron chi connectivity index (χ1n) is 4.52. The van der Waals surface area contributed by atoms with E-state index in [9.17, 15) is 4.79 Å². The van der Waals surface area contributed by atoms with Crippen molar-refractivity contribution in [2.24, 2.45) is 5.73 Å². The first-order valence-corrected chi connectivity index (χ1v) is 5.40. The van der Waals surface area contributed by atoms with Crippen LogP contribution in [0.5, 0.6) is 0 Å². The fraction of sp³-hybridized carbons (Fsp3) is 0.0909. The molecule has 1 amide bonds. The van der Waals surface area contributed by atoms with E-state index in [1.54, 1.807) is 12.4 Å². The number of aromatic nitrogens is 1. The van der Waals surface area contributed by atoms with Gasteiger partial charge >= 0.3 is 0 Å². The van der Waals surface area contributed by atoms with Crippen LogP contribution in [0.15, 0.2) is 36.0 Å². The highest BCUT2D eigenvalue weighted by atomic mass is 32.1. The third kappa shape index (κ3) is 2.22. The van der Waals surface area contributed by atoms with Crippen LogP contribution in [0.25, 0.3) is 0 Å². The van der Waals surface area contributed by atoms with E-state index in [4.69, 9.17) is 5.73 Å². The lowest BCUT2D eigenvalue weighted by atomic mass is 10.1. The smallest absolute Gasteiger partial charge is 0.259 e. The Morgan fingerprint density at radius 2 is 2.33 bits per heavy atom. The van der Waals surface area contributed by atoms with E-state index in [2.05, 4.69) is 4.98 Å². The summed E-state index contributed by atoms with van der Waals surface area (Å²) in [6.45, 7) is 0. The minimum atomic E-state index is -0.358. The van der Waals surface area contributed by atoms with Gasteiger partial charge < -0.3 is 5.73 Å². The van der Waals surface area contributed by atoms with E-state index in [0.29, 0.717) is 11.3 Å². The van der Waals surface area contributed by atoms with Crippen LogP contribution in [0.4, 0.5) is 0 Å². The van der Waals surface area contributed by atoms with Crippen molar-refractivity contribution in [1.82, 2.24) is 4.98 Å². The number of carbonyl (C=O) groups excluding carboxylic acids is 1. The second-order valence-electron chi connectivity index (χ2n) is 3.18. The van der Waals surface area contributed by atoms with E-state index < -0.39 is 0 Å². The van der Waals surface area contributed by atoms with Gasteiger partial charge in [-0.1, -0.05) is 6.07 Å². The number of nitrogens with zero attached hydrogens (tertiary/aromatic N) is 1. The van der Waals surface area contributed by atoms with Crippen molar-refractivity contribution in [3.8, 4) is 0 Å². The third-order valence-corrected chi connectivity index (χ3v) is 3.06. The number of carbonyl (C=O) groups is 1. The summed E-state index contributed by atoms with van der Waals surface area (Å²) >= 11 is 1.38. The molecule has 3 nitrogen and oxygen atoms in total. The molecule has 0 atom stereocenters. The number of pyridine rings is 1. The Morgan fingerprint density at radius 3 is 3.00 bits per heavy atom. The van der Waals surface area contributed by atoms with Gasteiger partial charge in [-0.05, 0) is 28.6 Å². The molecule has 0 aliphatic rings. The standard InChI is InChI=1S/C11H10N2OS/c12-11(14)10-9(3-5-15-10)6-8-2-1-4-13-7-8/h1-5,7H,6H2,(H2,12,14). The molecule has 2 N–H and O–H groups in total. The zero-order valence-corrected chi connectivity index (χ0v) is 8.83. The van der Waals surface area contributed by atoms with Gasteiger partial charge in [0.05, 0.1) is 4.88 Å². The molecular weight excluding hydrogens is 208 g/mol. The van der Waals surface area contributed by atoms with Crippen molar-refractivity contribution in [3.05, 3.63) is 52.0 Å². The average molecular weight is 218 g/mol. The summed E-state index contributed by atoms with van der Waals surface area (Å²) in [6.07, 6.45) is 4.23. The van der Waals surface area contributed by atoms with E-state index in [0.717, 1.165) is 11.1 Å². The Labute approximate surface area is 91.6 Å². The number of amides is 1. The quantitative estimate of drug-likeness (QED) is 0.854. The molecule has 2 heterocycles. The average Bonchev–Trinajstić information content (AvgIpc) is 2.67. The first kappa shape index (κ1) is 9.86. The number of rotatable bonds is 3. The zero-order valence-electron chi connectivity index (χ0n) is 8.01. The van der Waals surface area contributed by atoms with Gasteiger partial charge in [0, 0.05) is 18.8 Å². The van der Waals surface area contributed by atoms with Crippen LogP contribution in [0, 0.1) is 0 Å². The fourth-order valence-electron chi connectivity index (χ4n) is 1.41. The van der Waals surface area contributed by atoms with Gasteiger partial charge in [0.15, 0.2) is 0 Å². The highest BCUT2D eigenvalue weighted by molar-refractivity contribution is 7.12. The van der Waals surface area contributed by atoms with Crippen molar-refractivity contribution < 1.29 is 4.79 Å². The van der Waals surface area contributed by atoms with Crippen LogP contribution < -0.4 is 5.73 Å². The van der Waals surface area contributed by atoms with Gasteiger partial charge in [0.1, 0.15) is 0 Å². The summed E-state index contributed by atoms with van der Waals surface area (Å²) in [4.78, 5) is 15.8. The summed E-state index contributed by atoms with van der Waals surface area (Å²) in [5.41, 5.74) is 7.32. The van der Waals surface area contributed by atoms with Gasteiger partial charge in [-0.2, -0.15) is 0 Å². The Bertz CT molecular complexity index is 464. The summed E-state index contributed by atoms with van der Waals surface area (Å²) in [7, 11) is 0. The SMILES string of the molecule is NC(=O)c1sccc1Cc1cccnc1. The molecule has 2 rings (SSSR count). The highest BCUT2D eigenvalue weighted by Crippen LogP contribution is 2.19. The molecule has 76 valence electrons. The van der Waals surface area contributed by atoms with Crippen molar-refractivity contribution in [1.29, 1.82) is 0 Å². The first-order chi connectivity index (χ1) is 7.27. The molecule has 0 saturated carbocycles. The minimum absolute atomic E-state index is 0.358. The predicted octanol–water partition coefficient (Wildman–Crippen LogP) is 1.83. The topological polar surface area (TPSA) is 56.0 Å². The van der Waals surface area contributed by atoms with Crippen LogP contribution in [-0.4, -0.2) is 10.9 Å². The second kappa shape index (κ2) is 4.23. The molecule has 0 aromatic carbocycles. The fourth-order valence-corrected chi connectivity index (χ4v) is 2.19. The molecule has 0 aliphatic carbocycles. The Hall–Kier alpha value is -1.68. The van der Waals surface area contributed by atoms with Crippen molar-refractivity contribution >= 4 is 17.2 Å². The number of primary amides is 1. The van der Waals surface area contributed by atoms with Crippen LogP contribution >= 0.6 is 11.3 Å². The molecule has 4 heteroatoms. The maximum atomic E-state index is 11.1. The lowest BCUT2D eigenvalue weighted by Crippen LogP contribution is -2.11. The minimum Gasteiger partial charge on any atom is -0.365 e. The van der Waals surface area contributed by atoms with Crippen LogP contribution in [0.3, 0.4) is 0 Å². The van der Waals surface area contributed by atoms with E-state index >= 15 is 0 Å². The molecule has 15 heavy (non-hydrogen) atoms. The predicted molar refractivity (Wildman–Crippen MR) is 59.9 cm³/mol. The summed E-state index contributed by atoms with van der Waals surface area (Å²) in [6, 6.07) is 5.79. The van der Waals surface area contributed by atoms with Crippen molar-refractivity contribution in [3.63, 3.8) is 0 Å². The molecule has 0 fully saturated rings. The molecule has 2 aromatic heterocycles. The molecule has 0 unspecified atom stereocenters. The highest BCUT2D eigenvalue weighted by Gasteiger charge is 2.09. The molecule has 0 radical (unpaired) electrons. The van der Waals surface area contributed by atoms with Crippen LogP contribution in [-0.2, 0) is 6.42 Å². The number of hydrogen-bond donors (Lipinski definition) is 1. The summed E-state index contributed by atoms with van der Waals surface area (Å²) in [5, 5.41) is 1.88. The molecule has 0 saturated heterocycles. The zero-order chi connectivity index (χ0) is 10.7. The normalized spacial score (nSPS) is 10.1. The van der Waals surface area contributed by atoms with Gasteiger partial charge in [0.2, 0.25) is 0 Å². The summed E-state index contributed by atoms with van der Waals surface area (Å²) in [5.74, 6) is -0.358. The Balaban J connectivity index is 2.25. The third-order valence-electron chi connectivity index (χ3n) is 2.09.